The molecule has 0 heterocycles. The molecule has 112 valence electrons. The smallest absolute Gasteiger partial charge is 0.131 e. The lowest BCUT2D eigenvalue weighted by Gasteiger charge is -2.18. The molecule has 2 aromatic carbocycles. The Morgan fingerprint density at radius 1 is 1.19 bits per heavy atom. The van der Waals surface area contributed by atoms with E-state index >= 15 is 0 Å². The highest BCUT2D eigenvalue weighted by Gasteiger charge is 2.16. The Hall–Kier alpha value is -1.46. The summed E-state index contributed by atoms with van der Waals surface area (Å²) in [6, 6.07) is 9.12. The Morgan fingerprint density at radius 2 is 1.95 bits per heavy atom. The second kappa shape index (κ2) is 7.00. The molecule has 0 saturated carbocycles. The second-order valence-corrected chi connectivity index (χ2v) is 5.61. The zero-order valence-corrected chi connectivity index (χ0v) is 13.4. The van der Waals surface area contributed by atoms with E-state index in [1.165, 1.54) is 19.2 Å². The van der Waals surface area contributed by atoms with E-state index in [0.717, 1.165) is 4.47 Å². The van der Waals surface area contributed by atoms with Crippen molar-refractivity contribution in [2.75, 3.05) is 7.11 Å². The molecule has 0 saturated heterocycles. The monoisotopic (exact) mass is 355 g/mol. The Kier molecular flexibility index (Phi) is 5.31. The number of hydrogen-bond acceptors (Lipinski definition) is 2. The number of methoxy groups -OCH3 is 1. The van der Waals surface area contributed by atoms with Crippen LogP contribution in [0.5, 0.6) is 5.75 Å². The van der Waals surface area contributed by atoms with E-state index in [2.05, 4.69) is 21.2 Å². The van der Waals surface area contributed by atoms with Crippen molar-refractivity contribution in [2.45, 2.75) is 19.5 Å². The molecule has 1 atom stereocenters. The highest BCUT2D eigenvalue weighted by Crippen LogP contribution is 2.28. The molecular formula is C16H16BrF2NO. The molecule has 0 bridgehead atoms. The van der Waals surface area contributed by atoms with Gasteiger partial charge in [0, 0.05) is 28.2 Å². The number of benzene rings is 2. The van der Waals surface area contributed by atoms with Crippen molar-refractivity contribution < 1.29 is 13.5 Å². The molecule has 0 aliphatic rings. The number of hydrogen-bond donors (Lipinski definition) is 1. The summed E-state index contributed by atoms with van der Waals surface area (Å²) in [5, 5.41) is 3.12. The van der Waals surface area contributed by atoms with Gasteiger partial charge in [-0.1, -0.05) is 22.0 Å². The van der Waals surface area contributed by atoms with E-state index in [0.29, 0.717) is 23.4 Å². The Labute approximate surface area is 131 Å². The van der Waals surface area contributed by atoms with Crippen LogP contribution < -0.4 is 10.1 Å². The first-order chi connectivity index (χ1) is 10.0. The van der Waals surface area contributed by atoms with Crippen molar-refractivity contribution in [3.63, 3.8) is 0 Å². The summed E-state index contributed by atoms with van der Waals surface area (Å²) in [7, 11) is 1.50. The summed E-state index contributed by atoms with van der Waals surface area (Å²) in [6.07, 6.45) is 0. The summed E-state index contributed by atoms with van der Waals surface area (Å²) in [6.45, 7) is 2.11. The van der Waals surface area contributed by atoms with Gasteiger partial charge < -0.3 is 10.1 Å². The molecule has 0 fully saturated rings. The van der Waals surface area contributed by atoms with Crippen molar-refractivity contribution in [1.29, 1.82) is 0 Å². The summed E-state index contributed by atoms with van der Waals surface area (Å²) in [4.78, 5) is 0. The normalized spacial score (nSPS) is 12.2. The second-order valence-electron chi connectivity index (χ2n) is 4.69. The molecule has 0 aliphatic carbocycles. The minimum Gasteiger partial charge on any atom is -0.496 e. The molecule has 2 nitrogen and oxygen atoms in total. The Balaban J connectivity index is 2.15. The molecular weight excluding hydrogens is 340 g/mol. The predicted octanol–water partition coefficient (Wildman–Crippen LogP) is 4.59. The summed E-state index contributed by atoms with van der Waals surface area (Å²) in [5.41, 5.74) is 0.960. The van der Waals surface area contributed by atoms with Gasteiger partial charge in [-0.3, -0.25) is 0 Å². The fourth-order valence-corrected chi connectivity index (χ4v) is 2.57. The van der Waals surface area contributed by atoms with Crippen molar-refractivity contribution in [2.24, 2.45) is 0 Å². The van der Waals surface area contributed by atoms with Crippen LogP contribution in [0.4, 0.5) is 8.78 Å². The van der Waals surface area contributed by atoms with Gasteiger partial charge in [0.25, 0.3) is 0 Å². The maximum absolute atomic E-state index is 14.0. The van der Waals surface area contributed by atoms with E-state index in [-0.39, 0.29) is 17.7 Å². The number of ether oxygens (including phenoxy) is 1. The van der Waals surface area contributed by atoms with Crippen LogP contribution in [-0.4, -0.2) is 7.11 Å². The number of halogens is 3. The van der Waals surface area contributed by atoms with Crippen LogP contribution in [0.3, 0.4) is 0 Å². The molecule has 5 heteroatoms. The van der Waals surface area contributed by atoms with Crippen molar-refractivity contribution in [3.05, 3.63) is 63.6 Å². The quantitative estimate of drug-likeness (QED) is 0.846. The average molecular weight is 356 g/mol. The van der Waals surface area contributed by atoms with Crippen LogP contribution in [-0.2, 0) is 6.54 Å². The van der Waals surface area contributed by atoms with Crippen LogP contribution >= 0.6 is 15.9 Å². The Morgan fingerprint density at radius 3 is 2.67 bits per heavy atom. The molecule has 0 amide bonds. The number of rotatable bonds is 5. The summed E-state index contributed by atoms with van der Waals surface area (Å²) in [5.74, 6) is -0.160. The fraction of sp³-hybridized carbons (Fsp3) is 0.250. The molecule has 0 radical (unpaired) electrons. The molecule has 2 aromatic rings. The molecule has 21 heavy (non-hydrogen) atoms. The van der Waals surface area contributed by atoms with Gasteiger partial charge in [0.05, 0.1) is 7.11 Å². The van der Waals surface area contributed by atoms with Gasteiger partial charge in [-0.2, -0.15) is 0 Å². The lowest BCUT2D eigenvalue weighted by Crippen LogP contribution is -2.20. The van der Waals surface area contributed by atoms with Crippen molar-refractivity contribution >= 4 is 15.9 Å². The third-order valence-electron chi connectivity index (χ3n) is 3.27. The molecule has 0 spiro atoms. The molecule has 0 aromatic heterocycles. The molecule has 0 aliphatic heterocycles. The van der Waals surface area contributed by atoms with Gasteiger partial charge in [-0.25, -0.2) is 8.78 Å². The van der Waals surface area contributed by atoms with Gasteiger partial charge in [-0.15, -0.1) is 0 Å². The van der Waals surface area contributed by atoms with Crippen LogP contribution in [0.1, 0.15) is 24.1 Å². The van der Waals surface area contributed by atoms with Gasteiger partial charge in [-0.05, 0) is 37.3 Å². The lowest BCUT2D eigenvalue weighted by atomic mass is 10.1. The van der Waals surface area contributed by atoms with E-state index in [4.69, 9.17) is 4.74 Å². The highest BCUT2D eigenvalue weighted by molar-refractivity contribution is 9.10. The fourth-order valence-electron chi connectivity index (χ4n) is 2.16. The minimum absolute atomic E-state index is 0.293. The third-order valence-corrected chi connectivity index (χ3v) is 3.77. The first kappa shape index (κ1) is 15.9. The van der Waals surface area contributed by atoms with E-state index in [9.17, 15) is 8.78 Å². The summed E-state index contributed by atoms with van der Waals surface area (Å²) >= 11 is 3.31. The van der Waals surface area contributed by atoms with Crippen LogP contribution in [0.25, 0.3) is 0 Å². The average Bonchev–Trinajstić information content (AvgIpc) is 2.47. The number of nitrogens with one attached hydrogen (secondary N) is 1. The van der Waals surface area contributed by atoms with E-state index in [1.54, 1.807) is 24.3 Å². The van der Waals surface area contributed by atoms with E-state index in [1.807, 2.05) is 6.92 Å². The van der Waals surface area contributed by atoms with Crippen LogP contribution in [0.15, 0.2) is 40.9 Å². The predicted molar refractivity (Wildman–Crippen MR) is 82.3 cm³/mol. The topological polar surface area (TPSA) is 21.3 Å². The Bertz CT molecular complexity index is 634. The first-order valence-corrected chi connectivity index (χ1v) is 7.32. The zero-order valence-electron chi connectivity index (χ0n) is 11.8. The SMILES string of the molecule is COc1cccc(F)c1C(C)NCc1cc(Br)ccc1F. The van der Waals surface area contributed by atoms with Gasteiger partial charge in [0.1, 0.15) is 17.4 Å². The molecule has 2 rings (SSSR count). The lowest BCUT2D eigenvalue weighted by molar-refractivity contribution is 0.393. The molecule has 1 unspecified atom stereocenters. The van der Waals surface area contributed by atoms with Crippen LogP contribution in [0, 0.1) is 11.6 Å². The molecule has 1 N–H and O–H groups in total. The first-order valence-electron chi connectivity index (χ1n) is 6.52. The maximum Gasteiger partial charge on any atom is 0.131 e. The van der Waals surface area contributed by atoms with Crippen molar-refractivity contribution in [1.82, 2.24) is 5.32 Å². The zero-order chi connectivity index (χ0) is 15.4. The minimum atomic E-state index is -0.343. The maximum atomic E-state index is 14.0. The van der Waals surface area contributed by atoms with Crippen LogP contribution in [0.2, 0.25) is 0 Å². The van der Waals surface area contributed by atoms with Gasteiger partial charge in [0.15, 0.2) is 0 Å². The largest absolute Gasteiger partial charge is 0.496 e. The standard InChI is InChI=1S/C16H16BrF2NO/c1-10(16-14(19)4-3-5-15(16)21-2)20-9-11-8-12(17)6-7-13(11)18/h3-8,10,20H,9H2,1-2H3. The van der Waals surface area contributed by atoms with Crippen molar-refractivity contribution in [3.8, 4) is 5.75 Å². The van der Waals surface area contributed by atoms with E-state index < -0.39 is 0 Å². The summed E-state index contributed by atoms with van der Waals surface area (Å²) < 4.78 is 33.6. The van der Waals surface area contributed by atoms with Gasteiger partial charge >= 0.3 is 0 Å². The van der Waals surface area contributed by atoms with Gasteiger partial charge in [0.2, 0.25) is 0 Å². The highest BCUT2D eigenvalue weighted by atomic mass is 79.9. The third kappa shape index (κ3) is 3.80.